The Morgan fingerprint density at radius 2 is 2.04 bits per heavy atom. The van der Waals surface area contributed by atoms with Crippen molar-refractivity contribution in [3.63, 3.8) is 0 Å². The van der Waals surface area contributed by atoms with Gasteiger partial charge in [0.25, 0.3) is 5.69 Å². The van der Waals surface area contributed by atoms with E-state index in [9.17, 15) is 19.7 Å². The van der Waals surface area contributed by atoms with Gasteiger partial charge in [0.1, 0.15) is 12.4 Å². The van der Waals surface area contributed by atoms with E-state index < -0.39 is 10.9 Å². The number of aryl methyl sites for hydroxylation is 1. The molecule has 0 bridgehead atoms. The number of benzene rings is 1. The van der Waals surface area contributed by atoms with Gasteiger partial charge in [0.2, 0.25) is 5.91 Å². The van der Waals surface area contributed by atoms with E-state index in [1.54, 1.807) is 13.0 Å². The van der Waals surface area contributed by atoms with Gasteiger partial charge in [-0.25, -0.2) is 0 Å². The van der Waals surface area contributed by atoms with Crippen molar-refractivity contribution < 1.29 is 23.8 Å². The molecule has 0 fully saturated rings. The molecule has 25 heavy (non-hydrogen) atoms. The van der Waals surface area contributed by atoms with Crippen molar-refractivity contribution in [2.75, 3.05) is 16.8 Å². The maximum Gasteiger partial charge on any atom is 0.316 e. The monoisotopic (exact) mass is 365 g/mol. The van der Waals surface area contributed by atoms with E-state index in [0.717, 1.165) is 11.8 Å². The van der Waals surface area contributed by atoms with Gasteiger partial charge in [0.15, 0.2) is 5.82 Å². The fourth-order valence-corrected chi connectivity index (χ4v) is 2.36. The van der Waals surface area contributed by atoms with Crippen LogP contribution in [0.15, 0.2) is 34.9 Å². The first-order valence-corrected chi connectivity index (χ1v) is 8.29. The second kappa shape index (κ2) is 8.83. The summed E-state index contributed by atoms with van der Waals surface area (Å²) in [6, 6.07) is 7.31. The first kappa shape index (κ1) is 18.5. The van der Waals surface area contributed by atoms with E-state index in [4.69, 9.17) is 9.26 Å². The summed E-state index contributed by atoms with van der Waals surface area (Å²) in [6.45, 7) is 1.72. The fourth-order valence-electron chi connectivity index (χ4n) is 1.75. The molecule has 0 aliphatic heterocycles. The minimum absolute atomic E-state index is 0.0121. The first-order chi connectivity index (χ1) is 11.9. The molecule has 2 aromatic rings. The van der Waals surface area contributed by atoms with Gasteiger partial charge < -0.3 is 14.6 Å². The Bertz CT molecular complexity index is 759. The first-order valence-electron chi connectivity index (χ1n) is 7.14. The van der Waals surface area contributed by atoms with E-state index >= 15 is 0 Å². The number of esters is 1. The van der Waals surface area contributed by atoms with Gasteiger partial charge >= 0.3 is 5.97 Å². The van der Waals surface area contributed by atoms with Crippen molar-refractivity contribution in [3.05, 3.63) is 51.8 Å². The number of rotatable bonds is 8. The number of ether oxygens (including phenoxy) is 1. The third-order valence-corrected chi connectivity index (χ3v) is 3.80. The van der Waals surface area contributed by atoms with Crippen molar-refractivity contribution in [3.8, 4) is 0 Å². The van der Waals surface area contributed by atoms with Gasteiger partial charge in [0.05, 0.1) is 16.4 Å². The largest absolute Gasteiger partial charge is 0.460 e. The molecule has 1 aromatic heterocycles. The minimum Gasteiger partial charge on any atom is -0.460 e. The summed E-state index contributed by atoms with van der Waals surface area (Å²) in [5.74, 6) is 0.202. The number of thioether (sulfide) groups is 1. The number of carbonyl (C=O) groups excluding carboxylic acids is 2. The van der Waals surface area contributed by atoms with E-state index in [0.29, 0.717) is 17.1 Å². The summed E-state index contributed by atoms with van der Waals surface area (Å²) in [5.41, 5.74) is 0.613. The molecular formula is C15H15N3O6S. The Labute approximate surface area is 146 Å². The summed E-state index contributed by atoms with van der Waals surface area (Å²) in [6.07, 6.45) is 0. The zero-order chi connectivity index (χ0) is 18.2. The van der Waals surface area contributed by atoms with Crippen LogP contribution in [-0.4, -0.2) is 33.5 Å². The van der Waals surface area contributed by atoms with Crippen LogP contribution in [0.2, 0.25) is 0 Å². The van der Waals surface area contributed by atoms with Crippen LogP contribution in [0.5, 0.6) is 0 Å². The SMILES string of the molecule is Cc1cc(NC(=O)CSCC(=O)OCc2ccc([N+](=O)[O-])cc2)no1. The van der Waals surface area contributed by atoms with Crippen molar-refractivity contribution in [1.29, 1.82) is 0 Å². The normalized spacial score (nSPS) is 10.3. The van der Waals surface area contributed by atoms with Gasteiger partial charge in [0, 0.05) is 18.2 Å². The maximum atomic E-state index is 11.6. The zero-order valence-electron chi connectivity index (χ0n) is 13.3. The molecule has 0 radical (unpaired) electrons. The number of non-ortho nitro benzene ring substituents is 1. The Balaban J connectivity index is 1.65. The minimum atomic E-state index is -0.502. The van der Waals surface area contributed by atoms with Gasteiger partial charge in [-0.3, -0.25) is 19.7 Å². The second-order valence-corrected chi connectivity index (χ2v) is 5.93. The van der Waals surface area contributed by atoms with E-state index in [1.165, 1.54) is 24.3 Å². The summed E-state index contributed by atoms with van der Waals surface area (Å²) in [7, 11) is 0. The number of carbonyl (C=O) groups is 2. The number of nitro benzene ring substituents is 1. The molecule has 2 rings (SSSR count). The molecule has 0 spiro atoms. The van der Waals surface area contributed by atoms with E-state index in [2.05, 4.69) is 10.5 Å². The second-order valence-electron chi connectivity index (χ2n) is 4.95. The molecule has 0 atom stereocenters. The highest BCUT2D eigenvalue weighted by Crippen LogP contribution is 2.13. The molecular weight excluding hydrogens is 350 g/mol. The van der Waals surface area contributed by atoms with Crippen molar-refractivity contribution in [2.24, 2.45) is 0 Å². The average molecular weight is 365 g/mol. The fraction of sp³-hybridized carbons (Fsp3) is 0.267. The molecule has 0 unspecified atom stereocenters. The highest BCUT2D eigenvalue weighted by atomic mass is 32.2. The summed E-state index contributed by atoms with van der Waals surface area (Å²) in [5, 5.41) is 16.7. The third kappa shape index (κ3) is 6.26. The van der Waals surface area contributed by atoms with Crippen molar-refractivity contribution in [2.45, 2.75) is 13.5 Å². The summed E-state index contributed by atoms with van der Waals surface area (Å²) < 4.78 is 9.86. The Hall–Kier alpha value is -2.88. The van der Waals surface area contributed by atoms with E-state index in [1.807, 2.05) is 0 Å². The molecule has 1 N–H and O–H groups in total. The number of amides is 1. The number of aromatic nitrogens is 1. The van der Waals surface area contributed by atoms with Crippen LogP contribution in [0, 0.1) is 17.0 Å². The lowest BCUT2D eigenvalue weighted by atomic mass is 10.2. The van der Waals surface area contributed by atoms with Crippen LogP contribution in [0.1, 0.15) is 11.3 Å². The predicted octanol–water partition coefficient (Wildman–Crippen LogP) is 2.31. The van der Waals surface area contributed by atoms with Crippen LogP contribution < -0.4 is 5.32 Å². The lowest BCUT2D eigenvalue weighted by Gasteiger charge is -2.05. The number of hydrogen-bond donors (Lipinski definition) is 1. The summed E-state index contributed by atoms with van der Waals surface area (Å²) >= 11 is 1.10. The molecule has 0 aliphatic rings. The van der Waals surface area contributed by atoms with Crippen LogP contribution in [0.3, 0.4) is 0 Å². The highest BCUT2D eigenvalue weighted by Gasteiger charge is 2.10. The Kier molecular flexibility index (Phi) is 6.52. The van der Waals surface area contributed by atoms with Crippen LogP contribution in [0.25, 0.3) is 0 Å². The quantitative estimate of drug-likeness (QED) is 0.429. The molecule has 1 amide bonds. The van der Waals surface area contributed by atoms with Gasteiger partial charge in [-0.15, -0.1) is 11.8 Å². The average Bonchev–Trinajstić information content (AvgIpc) is 2.98. The van der Waals surface area contributed by atoms with Crippen molar-refractivity contribution in [1.82, 2.24) is 5.16 Å². The number of anilines is 1. The topological polar surface area (TPSA) is 125 Å². The molecule has 1 heterocycles. The third-order valence-electron chi connectivity index (χ3n) is 2.90. The Morgan fingerprint density at radius 3 is 2.64 bits per heavy atom. The van der Waals surface area contributed by atoms with E-state index in [-0.39, 0.29) is 29.7 Å². The maximum absolute atomic E-state index is 11.6. The highest BCUT2D eigenvalue weighted by molar-refractivity contribution is 8.00. The van der Waals surface area contributed by atoms with Gasteiger partial charge in [-0.1, -0.05) is 5.16 Å². The molecule has 0 saturated heterocycles. The Morgan fingerprint density at radius 1 is 1.32 bits per heavy atom. The lowest BCUT2D eigenvalue weighted by Crippen LogP contribution is -2.16. The molecule has 0 aliphatic carbocycles. The number of nitrogens with zero attached hydrogens (tertiary/aromatic N) is 2. The summed E-state index contributed by atoms with van der Waals surface area (Å²) in [4.78, 5) is 33.3. The molecule has 10 heteroatoms. The van der Waals surface area contributed by atoms with Crippen LogP contribution in [0.4, 0.5) is 11.5 Å². The lowest BCUT2D eigenvalue weighted by molar-refractivity contribution is -0.384. The standard InChI is InChI=1S/C15H15N3O6S/c1-10-6-13(17-24-10)16-14(19)8-25-9-15(20)23-7-11-2-4-12(5-3-11)18(21)22/h2-6H,7-9H2,1H3,(H,16,17,19). The molecule has 0 saturated carbocycles. The number of nitrogens with one attached hydrogen (secondary N) is 1. The number of nitro groups is 1. The van der Waals surface area contributed by atoms with Crippen LogP contribution in [-0.2, 0) is 20.9 Å². The zero-order valence-corrected chi connectivity index (χ0v) is 14.1. The molecule has 132 valence electrons. The number of hydrogen-bond acceptors (Lipinski definition) is 8. The molecule has 1 aromatic carbocycles. The molecule has 9 nitrogen and oxygen atoms in total. The predicted molar refractivity (Wildman–Crippen MR) is 90.1 cm³/mol. The van der Waals surface area contributed by atoms with Crippen molar-refractivity contribution >= 4 is 35.1 Å². The van der Waals surface area contributed by atoms with Crippen LogP contribution >= 0.6 is 11.8 Å². The van der Waals surface area contributed by atoms with Gasteiger partial charge in [-0.2, -0.15) is 0 Å². The smallest absolute Gasteiger partial charge is 0.316 e. The van der Waals surface area contributed by atoms with Gasteiger partial charge in [-0.05, 0) is 24.6 Å².